The van der Waals surface area contributed by atoms with Crippen molar-refractivity contribution >= 4 is 17.9 Å². The first-order valence-corrected chi connectivity index (χ1v) is 8.69. The van der Waals surface area contributed by atoms with Crippen LogP contribution in [0.2, 0.25) is 0 Å². The van der Waals surface area contributed by atoms with E-state index in [1.54, 1.807) is 0 Å². The molecule has 25 heavy (non-hydrogen) atoms. The van der Waals surface area contributed by atoms with Crippen LogP contribution in [0.3, 0.4) is 0 Å². The molecule has 3 N–H and O–H groups in total. The summed E-state index contributed by atoms with van der Waals surface area (Å²) in [7, 11) is 0. The molecule has 0 atom stereocenters. The van der Waals surface area contributed by atoms with Gasteiger partial charge in [-0.2, -0.15) is 0 Å². The van der Waals surface area contributed by atoms with Crippen LogP contribution >= 0.6 is 0 Å². The van der Waals surface area contributed by atoms with E-state index in [0.29, 0.717) is 18.5 Å². The van der Waals surface area contributed by atoms with Crippen LogP contribution in [-0.4, -0.2) is 12.2 Å². The highest BCUT2D eigenvalue weighted by Crippen LogP contribution is 2.20. The second kappa shape index (κ2) is 9.14. The van der Waals surface area contributed by atoms with Gasteiger partial charge in [-0.3, -0.25) is 4.79 Å². The van der Waals surface area contributed by atoms with Gasteiger partial charge in [-0.15, -0.1) is 0 Å². The molecule has 0 heterocycles. The summed E-state index contributed by atoms with van der Waals surface area (Å²) in [5.74, 6) is -0.116. The van der Waals surface area contributed by atoms with Crippen molar-refractivity contribution < 1.29 is 9.59 Å². The lowest BCUT2D eigenvalue weighted by atomic mass is 9.98. The normalized spacial score (nSPS) is 10.5. The number of benzene rings is 2. The zero-order valence-corrected chi connectivity index (χ0v) is 15.0. The molecule has 0 fully saturated rings. The number of carbonyl (C=O) groups is 2. The Labute approximate surface area is 149 Å². The number of anilines is 1. The molecule has 2 rings (SSSR count). The summed E-state index contributed by atoms with van der Waals surface area (Å²) in [6, 6.07) is 11.8. The Hall–Kier alpha value is -2.46. The maximum Gasteiger partial charge on any atom is 0.255 e. The molecular formula is C21H26N2O2. The van der Waals surface area contributed by atoms with Gasteiger partial charge in [0.05, 0.1) is 0 Å². The van der Waals surface area contributed by atoms with E-state index in [0.717, 1.165) is 53.5 Å². The second-order valence-electron chi connectivity index (χ2n) is 6.38. The van der Waals surface area contributed by atoms with Crippen LogP contribution in [0.1, 0.15) is 51.9 Å². The SMILES string of the molecule is Cc1ccc(C)c(NC(=O)c2cc(CN)ccc2CCCCC=O)c1. The Morgan fingerprint density at radius 3 is 2.64 bits per heavy atom. The van der Waals surface area contributed by atoms with Gasteiger partial charge >= 0.3 is 0 Å². The summed E-state index contributed by atoms with van der Waals surface area (Å²) in [4.78, 5) is 23.3. The number of hydrogen-bond donors (Lipinski definition) is 2. The number of carbonyl (C=O) groups excluding carboxylic acids is 2. The lowest BCUT2D eigenvalue weighted by molar-refractivity contribution is -0.107. The predicted molar refractivity (Wildman–Crippen MR) is 102 cm³/mol. The molecule has 0 aliphatic carbocycles. The molecular weight excluding hydrogens is 312 g/mol. The first-order valence-electron chi connectivity index (χ1n) is 8.69. The van der Waals surface area contributed by atoms with E-state index in [9.17, 15) is 9.59 Å². The highest BCUT2D eigenvalue weighted by Gasteiger charge is 2.13. The largest absolute Gasteiger partial charge is 0.326 e. The fraction of sp³-hybridized carbons (Fsp3) is 0.333. The number of aryl methyl sites for hydroxylation is 3. The molecule has 132 valence electrons. The van der Waals surface area contributed by atoms with E-state index in [1.165, 1.54) is 0 Å². The van der Waals surface area contributed by atoms with Crippen LogP contribution in [0.15, 0.2) is 36.4 Å². The summed E-state index contributed by atoms with van der Waals surface area (Å²) in [5, 5.41) is 3.02. The van der Waals surface area contributed by atoms with E-state index in [-0.39, 0.29) is 5.91 Å². The Morgan fingerprint density at radius 2 is 1.92 bits per heavy atom. The van der Waals surface area contributed by atoms with Crippen LogP contribution in [0.5, 0.6) is 0 Å². The lowest BCUT2D eigenvalue weighted by Gasteiger charge is -2.14. The smallest absolute Gasteiger partial charge is 0.255 e. The van der Waals surface area contributed by atoms with Crippen molar-refractivity contribution in [2.75, 3.05) is 5.32 Å². The monoisotopic (exact) mass is 338 g/mol. The number of amides is 1. The Kier molecular flexibility index (Phi) is 6.90. The summed E-state index contributed by atoms with van der Waals surface area (Å²) in [6.07, 6.45) is 3.98. The zero-order valence-electron chi connectivity index (χ0n) is 15.0. The van der Waals surface area contributed by atoms with Gasteiger partial charge in [0.25, 0.3) is 5.91 Å². The van der Waals surface area contributed by atoms with Crippen molar-refractivity contribution in [2.24, 2.45) is 5.73 Å². The van der Waals surface area contributed by atoms with Crippen molar-refractivity contribution in [1.82, 2.24) is 0 Å². The third-order valence-electron chi connectivity index (χ3n) is 4.31. The van der Waals surface area contributed by atoms with Gasteiger partial charge in [-0.05, 0) is 67.5 Å². The Bertz CT molecular complexity index is 754. The lowest BCUT2D eigenvalue weighted by Crippen LogP contribution is -2.16. The van der Waals surface area contributed by atoms with E-state index in [1.807, 2.05) is 50.2 Å². The molecule has 0 aromatic heterocycles. The minimum Gasteiger partial charge on any atom is -0.326 e. The Balaban J connectivity index is 2.23. The number of nitrogens with two attached hydrogens (primary N) is 1. The number of hydrogen-bond acceptors (Lipinski definition) is 3. The molecule has 0 saturated heterocycles. The van der Waals surface area contributed by atoms with E-state index < -0.39 is 0 Å². The van der Waals surface area contributed by atoms with Crippen molar-refractivity contribution in [2.45, 2.75) is 46.1 Å². The third-order valence-corrected chi connectivity index (χ3v) is 4.31. The molecule has 0 aliphatic rings. The molecule has 0 bridgehead atoms. The maximum atomic E-state index is 12.8. The fourth-order valence-corrected chi connectivity index (χ4v) is 2.78. The van der Waals surface area contributed by atoms with Crippen molar-refractivity contribution in [1.29, 1.82) is 0 Å². The molecule has 4 heteroatoms. The number of aldehydes is 1. The predicted octanol–water partition coefficient (Wildman–Crippen LogP) is 3.93. The summed E-state index contributed by atoms with van der Waals surface area (Å²) < 4.78 is 0. The van der Waals surface area contributed by atoms with Crippen molar-refractivity contribution in [3.05, 3.63) is 64.2 Å². The molecule has 0 unspecified atom stereocenters. The molecule has 2 aromatic rings. The van der Waals surface area contributed by atoms with Gasteiger partial charge in [-0.1, -0.05) is 24.3 Å². The van der Waals surface area contributed by atoms with Crippen molar-refractivity contribution in [3.8, 4) is 0 Å². The van der Waals surface area contributed by atoms with E-state index in [4.69, 9.17) is 5.73 Å². The Morgan fingerprint density at radius 1 is 1.12 bits per heavy atom. The third kappa shape index (κ3) is 5.26. The summed E-state index contributed by atoms with van der Waals surface area (Å²) in [5.41, 5.74) is 11.3. The molecule has 0 radical (unpaired) electrons. The van der Waals surface area contributed by atoms with Crippen LogP contribution in [0.4, 0.5) is 5.69 Å². The average Bonchev–Trinajstić information content (AvgIpc) is 2.61. The first-order chi connectivity index (χ1) is 12.0. The van der Waals surface area contributed by atoms with Crippen LogP contribution < -0.4 is 11.1 Å². The molecule has 1 amide bonds. The van der Waals surface area contributed by atoms with E-state index >= 15 is 0 Å². The quantitative estimate of drug-likeness (QED) is 0.566. The molecule has 4 nitrogen and oxygen atoms in total. The first kappa shape index (κ1) is 18.9. The molecule has 0 aliphatic heterocycles. The minimum atomic E-state index is -0.116. The van der Waals surface area contributed by atoms with E-state index in [2.05, 4.69) is 5.32 Å². The van der Waals surface area contributed by atoms with Gasteiger partial charge in [0, 0.05) is 24.2 Å². The number of rotatable bonds is 8. The van der Waals surface area contributed by atoms with Gasteiger partial charge in [0.15, 0.2) is 0 Å². The number of unbranched alkanes of at least 4 members (excludes halogenated alkanes) is 2. The molecule has 0 saturated carbocycles. The highest BCUT2D eigenvalue weighted by atomic mass is 16.1. The van der Waals surface area contributed by atoms with Crippen LogP contribution in [-0.2, 0) is 17.8 Å². The van der Waals surface area contributed by atoms with Gasteiger partial charge in [-0.25, -0.2) is 0 Å². The second-order valence-corrected chi connectivity index (χ2v) is 6.38. The van der Waals surface area contributed by atoms with Crippen LogP contribution in [0.25, 0.3) is 0 Å². The molecule has 2 aromatic carbocycles. The van der Waals surface area contributed by atoms with Gasteiger partial charge < -0.3 is 15.8 Å². The summed E-state index contributed by atoms with van der Waals surface area (Å²) in [6.45, 7) is 4.38. The van der Waals surface area contributed by atoms with Gasteiger partial charge in [0.2, 0.25) is 0 Å². The molecule has 0 spiro atoms. The standard InChI is InChI=1S/C21H26N2O2/c1-15-7-8-16(2)20(12-15)23-21(25)19-13-17(14-22)9-10-18(19)6-4-3-5-11-24/h7-13H,3-6,14,22H2,1-2H3,(H,23,25). The van der Waals surface area contributed by atoms with Crippen molar-refractivity contribution in [3.63, 3.8) is 0 Å². The summed E-state index contributed by atoms with van der Waals surface area (Å²) >= 11 is 0. The maximum absolute atomic E-state index is 12.8. The van der Waals surface area contributed by atoms with Gasteiger partial charge in [0.1, 0.15) is 6.29 Å². The zero-order chi connectivity index (χ0) is 18.2. The fourth-order valence-electron chi connectivity index (χ4n) is 2.78. The topological polar surface area (TPSA) is 72.2 Å². The highest BCUT2D eigenvalue weighted by molar-refractivity contribution is 6.05. The number of nitrogens with one attached hydrogen (secondary N) is 1. The van der Waals surface area contributed by atoms with Crippen LogP contribution in [0, 0.1) is 13.8 Å². The average molecular weight is 338 g/mol. The minimum absolute atomic E-state index is 0.116.